The van der Waals surface area contributed by atoms with Crippen molar-refractivity contribution in [1.29, 1.82) is 0 Å². The zero-order valence-electron chi connectivity index (χ0n) is 57.0. The van der Waals surface area contributed by atoms with Crippen molar-refractivity contribution in [2.24, 2.45) is 72.9 Å². The first-order valence-corrected chi connectivity index (χ1v) is 34.5. The van der Waals surface area contributed by atoms with Gasteiger partial charge in [0.2, 0.25) is 53.2 Å². The van der Waals surface area contributed by atoms with Crippen molar-refractivity contribution in [3.8, 4) is 0 Å². The Labute approximate surface area is 591 Å². The molecular formula is C66H96F3N19O15. The third kappa shape index (κ3) is 22.3. The summed E-state index contributed by atoms with van der Waals surface area (Å²) < 4.78 is 31.7. The largest absolute Gasteiger partial charge is 0.490 e. The van der Waals surface area contributed by atoms with Gasteiger partial charge in [-0.05, 0) is 136 Å². The summed E-state index contributed by atoms with van der Waals surface area (Å²) in [5, 5.41) is 55.4. The Morgan fingerprint density at radius 3 is 1.60 bits per heavy atom. The van der Waals surface area contributed by atoms with Gasteiger partial charge in [0.1, 0.15) is 48.3 Å². The molecule has 3 saturated heterocycles. The van der Waals surface area contributed by atoms with Gasteiger partial charge in [0.25, 0.3) is 0 Å². The number of rotatable bonds is 31. The molecular weight excluding hydrogens is 1360 g/mol. The summed E-state index contributed by atoms with van der Waals surface area (Å²) in [6.45, 7) is -1.34. The maximum atomic E-state index is 15.5. The highest BCUT2D eigenvalue weighted by molar-refractivity contribution is 5.99. The predicted octanol–water partition coefficient (Wildman–Crippen LogP) is -4.33. The number of fused-ring (bicyclic) bond motifs is 3. The summed E-state index contributed by atoms with van der Waals surface area (Å²) in [5.74, 6) is -12.3. The smallest absolute Gasteiger partial charge is 0.480 e. The Kier molecular flexibility index (Phi) is 29.1. The fraction of sp³-hybridized carbons (Fsp3) is 0.606. The van der Waals surface area contributed by atoms with Gasteiger partial charge in [-0.3, -0.25) is 58.1 Å². The van der Waals surface area contributed by atoms with E-state index >= 15 is 4.79 Å². The van der Waals surface area contributed by atoms with Crippen molar-refractivity contribution in [3.05, 3.63) is 70.8 Å². The summed E-state index contributed by atoms with van der Waals surface area (Å²) in [5.41, 5.74) is 42.7. The van der Waals surface area contributed by atoms with Crippen LogP contribution in [0, 0.1) is 17.8 Å². The van der Waals surface area contributed by atoms with Crippen molar-refractivity contribution in [2.45, 2.75) is 188 Å². The van der Waals surface area contributed by atoms with Crippen LogP contribution in [0.15, 0.2) is 63.5 Å². The molecule has 4 fully saturated rings. The molecule has 0 radical (unpaired) electrons. The Morgan fingerprint density at radius 1 is 0.563 bits per heavy atom. The van der Waals surface area contributed by atoms with Gasteiger partial charge < -0.3 is 107 Å². The van der Waals surface area contributed by atoms with Gasteiger partial charge in [-0.15, -0.1) is 0 Å². The summed E-state index contributed by atoms with van der Waals surface area (Å²) in [6, 6.07) is 3.25. The minimum atomic E-state index is -5.08. The van der Waals surface area contributed by atoms with Crippen LogP contribution in [0.4, 0.5) is 13.2 Å². The summed E-state index contributed by atoms with van der Waals surface area (Å²) >= 11 is 0. The lowest BCUT2D eigenvalue weighted by molar-refractivity contribution is -0.192. The molecule has 24 N–H and O–H groups in total. The summed E-state index contributed by atoms with van der Waals surface area (Å²) in [4.78, 5) is 167. The molecule has 0 bridgehead atoms. The number of carbonyl (C=O) groups excluding carboxylic acids is 9. The first kappa shape index (κ1) is 80.4. The van der Waals surface area contributed by atoms with Gasteiger partial charge in [-0.25, -0.2) is 9.59 Å². The molecule has 6 aliphatic rings. The minimum absolute atomic E-state index is 0.00231. The van der Waals surface area contributed by atoms with Gasteiger partial charge in [-0.2, -0.15) is 13.2 Å². The van der Waals surface area contributed by atoms with Crippen LogP contribution in [0.2, 0.25) is 0 Å². The van der Waals surface area contributed by atoms with Gasteiger partial charge in [-0.1, -0.05) is 61.4 Å². The van der Waals surface area contributed by atoms with Crippen LogP contribution in [-0.4, -0.2) is 237 Å². The number of nitrogens with one attached hydrogen (secondary N) is 6. The molecule has 12 atom stereocenters. The van der Waals surface area contributed by atoms with Crippen LogP contribution in [0.5, 0.6) is 0 Å². The lowest BCUT2D eigenvalue weighted by Gasteiger charge is -2.38. The number of guanidine groups is 3. The van der Waals surface area contributed by atoms with Gasteiger partial charge >= 0.3 is 18.1 Å². The van der Waals surface area contributed by atoms with E-state index in [2.05, 4.69) is 46.9 Å². The van der Waals surface area contributed by atoms with E-state index in [-0.39, 0.29) is 108 Å². The van der Waals surface area contributed by atoms with E-state index in [0.717, 1.165) is 46.4 Å². The van der Waals surface area contributed by atoms with Crippen LogP contribution >= 0.6 is 0 Å². The molecule has 0 aromatic heterocycles. The van der Waals surface area contributed by atoms with E-state index in [1.165, 1.54) is 9.80 Å². The number of β-amino-alcohol motifs (C(OH)–C–C–N with tert-alkyl or cyclic N) is 1. The molecule has 9 amide bonds. The topological polar surface area (TPSA) is 570 Å². The van der Waals surface area contributed by atoms with E-state index in [1.54, 1.807) is 0 Å². The Bertz CT molecular complexity index is 3430. The zero-order chi connectivity index (χ0) is 75.4. The molecule has 3 aliphatic carbocycles. The fourth-order valence-electron chi connectivity index (χ4n) is 14.5. The number of halogens is 3. The third-order valence-corrected chi connectivity index (χ3v) is 19.5. The Morgan fingerprint density at radius 2 is 1.08 bits per heavy atom. The molecule has 34 nitrogen and oxygen atoms in total. The number of hydrogen-bond donors (Lipinski definition) is 17. The SMILES string of the molecule is NC(N)=NCCC[C@@H](N)C(=O)N[C@@H](CCCN=C(N)N)C(=O)N1CCC[C@H]1C(=O)N1C[C@H](O)C[C@H]1C(=O)NCC(=O)N[C@H](C(=O)N[C@@H](CO)C(=O)N[C@@H](C(=O)N1C2CCCCC2C[C@H]1C(=O)N[C@@H](CCCN=C(N)N)C(=O)O)C1Cc2ccccc2C1)C1Cc2ccccc2C1.O=C(O)C(F)(F)F. The second kappa shape index (κ2) is 37.3. The van der Waals surface area contributed by atoms with E-state index < -0.39 is 163 Å². The van der Waals surface area contributed by atoms with E-state index in [1.807, 2.05) is 48.5 Å². The number of likely N-dealkylation sites (tertiary alicyclic amines) is 3. The molecule has 3 heterocycles. The quantitative estimate of drug-likeness (QED) is 0.0193. The van der Waals surface area contributed by atoms with Crippen LogP contribution in [-0.2, 0) is 78.4 Å². The number of carboxylic acids is 2. The van der Waals surface area contributed by atoms with Gasteiger partial charge in [0, 0.05) is 45.2 Å². The number of carbonyl (C=O) groups is 11. The average molecular weight is 1450 g/mol. The normalized spacial score (nSPS) is 21.6. The first-order valence-electron chi connectivity index (χ1n) is 34.5. The highest BCUT2D eigenvalue weighted by Gasteiger charge is 2.52. The number of amides is 9. The number of nitrogens with two attached hydrogens (primary N) is 7. The maximum absolute atomic E-state index is 15.5. The monoisotopic (exact) mass is 1450 g/mol. The van der Waals surface area contributed by atoms with Gasteiger partial charge in [0.05, 0.1) is 25.3 Å². The van der Waals surface area contributed by atoms with Crippen molar-refractivity contribution in [1.82, 2.24) is 46.6 Å². The highest BCUT2D eigenvalue weighted by Crippen LogP contribution is 2.42. The zero-order valence-corrected chi connectivity index (χ0v) is 57.0. The molecule has 566 valence electrons. The number of aliphatic hydroxyl groups excluding tert-OH is 2. The predicted molar refractivity (Wildman–Crippen MR) is 365 cm³/mol. The lowest BCUT2D eigenvalue weighted by atomic mass is 9.84. The molecule has 1 saturated carbocycles. The van der Waals surface area contributed by atoms with Crippen molar-refractivity contribution >= 4 is 83.0 Å². The van der Waals surface area contributed by atoms with Crippen LogP contribution in [0.25, 0.3) is 0 Å². The average Bonchev–Trinajstić information content (AvgIpc) is 1.63. The number of aliphatic carboxylic acids is 2. The Hall–Kier alpha value is -9.91. The number of aliphatic hydroxyl groups is 2. The van der Waals surface area contributed by atoms with Crippen LogP contribution < -0.4 is 72.0 Å². The molecule has 8 rings (SSSR count). The maximum Gasteiger partial charge on any atom is 0.490 e. The fourth-order valence-corrected chi connectivity index (χ4v) is 14.5. The van der Waals surface area contributed by atoms with Crippen LogP contribution in [0.1, 0.15) is 112 Å². The molecule has 0 spiro atoms. The van der Waals surface area contributed by atoms with Crippen LogP contribution in [0.3, 0.4) is 0 Å². The van der Waals surface area contributed by atoms with E-state index in [9.17, 15) is 71.6 Å². The first-order chi connectivity index (χ1) is 48.9. The molecule has 2 aromatic carbocycles. The standard InChI is InChI=1S/C64H95N19O13.C2HF3O2/c65-42(16-7-21-72-62(66)67)53(87)76-43(17-8-22-73-63(68)69)58(92)81-24-10-20-47(81)59(93)82-32-41(85)30-48(82)55(89)75-31-50(86)79-51(39-25-34-11-1-2-12-35(34)26-39)57(91)78-45(33-84)54(88)80-52(40-27-36-13-3-4-14-37(36)28-40)60(94)83-46-19-6-5-15-38(46)29-49(83)56(90)77-44(61(95)96)18-9-23-74-64(70)71;3-2(4,5)1(6)7/h1-4,11-14,38-49,51-52,84-85H,5-10,15-33,65H2,(H,75,89)(H,76,87)(H,77,90)(H,78,91)(H,79,86)(H,80,88)(H,95,96)(H4,66,67,72)(H4,68,69,73)(H4,70,71,74);(H,6,7)/t38?,41-,42-,43+,44+,45+,46?,47+,48+,49+,51+,52-;/m1./s1. The van der Waals surface area contributed by atoms with E-state index in [4.69, 9.17) is 50.0 Å². The number of benzene rings is 2. The number of aliphatic imine (C=N–C) groups is 3. The number of alkyl halides is 3. The third-order valence-electron chi connectivity index (χ3n) is 19.5. The van der Waals surface area contributed by atoms with Crippen molar-refractivity contribution < 1.29 is 86.3 Å². The summed E-state index contributed by atoms with van der Waals surface area (Å²) in [6.07, 6.45) is -0.263. The molecule has 2 aromatic rings. The molecule has 37 heteroatoms. The second-order valence-corrected chi connectivity index (χ2v) is 26.8. The van der Waals surface area contributed by atoms with Crippen molar-refractivity contribution in [2.75, 3.05) is 45.9 Å². The second-order valence-electron chi connectivity index (χ2n) is 26.8. The number of carboxylic acid groups (broad SMARTS) is 2. The Balaban J connectivity index is 0.00000201. The summed E-state index contributed by atoms with van der Waals surface area (Å²) in [7, 11) is 0. The molecule has 2 unspecified atom stereocenters. The number of hydrogen-bond acceptors (Lipinski definition) is 17. The minimum Gasteiger partial charge on any atom is -0.480 e. The molecule has 103 heavy (non-hydrogen) atoms. The molecule has 3 aliphatic heterocycles. The highest BCUT2D eigenvalue weighted by atomic mass is 19.4. The lowest BCUT2D eigenvalue weighted by Crippen LogP contribution is -2.62. The van der Waals surface area contributed by atoms with Crippen molar-refractivity contribution in [3.63, 3.8) is 0 Å². The van der Waals surface area contributed by atoms with E-state index in [0.29, 0.717) is 44.9 Å². The van der Waals surface area contributed by atoms with Gasteiger partial charge in [0.15, 0.2) is 17.9 Å². The number of nitrogens with zero attached hydrogens (tertiary/aromatic N) is 6.